The first-order valence-corrected chi connectivity index (χ1v) is 16.2. The number of hydrogen-bond donors (Lipinski definition) is 2. The number of carbonyl (C=O) groups excluding carboxylic acids is 1. The fourth-order valence-corrected chi connectivity index (χ4v) is 6.56. The number of piperidine rings is 1. The van der Waals surface area contributed by atoms with Gasteiger partial charge in [0, 0.05) is 63.0 Å². The maximum Gasteiger partial charge on any atom is 0.256 e. The largest absolute Gasteiger partial charge is 0.389 e. The molecule has 0 spiro atoms. The molecule has 1 atom stereocenters. The van der Waals surface area contributed by atoms with E-state index < -0.39 is 10.0 Å². The Kier molecular flexibility index (Phi) is 7.47. The minimum atomic E-state index is -3.61. The van der Waals surface area contributed by atoms with Crippen LogP contribution in [0.2, 0.25) is 5.02 Å². The summed E-state index contributed by atoms with van der Waals surface area (Å²) in [5.41, 5.74) is 1.82. The van der Waals surface area contributed by atoms with E-state index in [1.165, 1.54) is 12.1 Å². The Bertz CT molecular complexity index is 1570. The van der Waals surface area contributed by atoms with Crippen LogP contribution in [0, 0.1) is 0 Å². The van der Waals surface area contributed by atoms with Crippen LogP contribution in [-0.4, -0.2) is 109 Å². The molecule has 0 saturated carbocycles. The van der Waals surface area contributed by atoms with E-state index in [9.17, 15) is 18.3 Å². The lowest BCUT2D eigenvalue weighted by Gasteiger charge is -2.38. The number of likely N-dealkylation sites (N-methyl/N-ethyl adjacent to an activating group) is 1. The van der Waals surface area contributed by atoms with Crippen LogP contribution in [0.15, 0.2) is 30.3 Å². The summed E-state index contributed by atoms with van der Waals surface area (Å²) in [6.45, 7) is 5.17. The highest BCUT2D eigenvalue weighted by Crippen LogP contribution is 2.35. The highest BCUT2D eigenvalue weighted by molar-refractivity contribution is 7.92. The van der Waals surface area contributed by atoms with Gasteiger partial charge >= 0.3 is 0 Å². The first-order chi connectivity index (χ1) is 19.6. The molecule has 2 N–H and O–H groups in total. The summed E-state index contributed by atoms with van der Waals surface area (Å²) in [6, 6.07) is 8.26. The number of sulfonamides is 1. The molecule has 0 aliphatic carbocycles. The third kappa shape index (κ3) is 5.81. The molecule has 41 heavy (non-hydrogen) atoms. The van der Waals surface area contributed by atoms with Crippen molar-refractivity contribution in [3.63, 3.8) is 0 Å². The van der Waals surface area contributed by atoms with Crippen LogP contribution in [-0.2, 0) is 10.0 Å². The van der Waals surface area contributed by atoms with E-state index >= 15 is 0 Å². The zero-order valence-electron chi connectivity index (χ0n) is 23.2. The standard InChI is InChI=1S/C27H35ClN8O4S/c1-32-9-11-33(12-10-32)26-15-24(34-16-19(37)17-34)29-25-14-22(30-36(25)26)23-5-3-4-8-35(23)27(38)20-13-18(28)6-7-21(20)31-41(2,39)40/h6-7,13-15,19,23,31,37H,3-5,8-12,16-17H2,1-2H3/t23-/m0/s1. The zero-order valence-corrected chi connectivity index (χ0v) is 24.8. The van der Waals surface area contributed by atoms with Crippen LogP contribution in [0.25, 0.3) is 5.65 Å². The summed E-state index contributed by atoms with van der Waals surface area (Å²) >= 11 is 6.24. The molecule has 0 bridgehead atoms. The number of aliphatic hydroxyl groups is 1. The number of β-amino-alcohol motifs (C(OH)–C–C–N with tert-alkyl or cyclic N) is 1. The first kappa shape index (κ1) is 28.0. The van der Waals surface area contributed by atoms with Crippen LogP contribution in [0.5, 0.6) is 0 Å². The van der Waals surface area contributed by atoms with Crippen LogP contribution in [0.4, 0.5) is 17.3 Å². The zero-order chi connectivity index (χ0) is 28.9. The van der Waals surface area contributed by atoms with E-state index in [2.05, 4.69) is 26.5 Å². The summed E-state index contributed by atoms with van der Waals surface area (Å²) in [6.07, 6.45) is 3.19. The average molecular weight is 603 g/mol. The number of piperazine rings is 1. The number of aromatic nitrogens is 3. The topological polar surface area (TPSA) is 127 Å². The first-order valence-electron chi connectivity index (χ1n) is 13.9. The number of halogens is 1. The van der Waals surface area contributed by atoms with Crippen molar-refractivity contribution in [1.82, 2.24) is 24.4 Å². The second-order valence-corrected chi connectivity index (χ2v) is 13.4. The lowest BCUT2D eigenvalue weighted by atomic mass is 9.98. The molecule has 3 aliphatic heterocycles. The number of nitrogens with zero attached hydrogens (tertiary/aromatic N) is 7. The molecule has 3 aromatic rings. The lowest BCUT2D eigenvalue weighted by Crippen LogP contribution is -2.51. The number of carbonyl (C=O) groups is 1. The van der Waals surface area contributed by atoms with E-state index in [0.29, 0.717) is 30.3 Å². The number of nitrogens with one attached hydrogen (secondary N) is 1. The molecule has 2 aromatic heterocycles. The van der Waals surface area contributed by atoms with Gasteiger partial charge in [-0.2, -0.15) is 9.61 Å². The summed E-state index contributed by atoms with van der Waals surface area (Å²) in [5, 5.41) is 15.3. The van der Waals surface area contributed by atoms with Gasteiger partial charge in [0.2, 0.25) is 10.0 Å². The molecule has 3 saturated heterocycles. The fraction of sp³-hybridized carbons (Fsp3) is 0.519. The molecule has 3 aliphatic rings. The van der Waals surface area contributed by atoms with Crippen molar-refractivity contribution in [2.45, 2.75) is 31.4 Å². The Morgan fingerprint density at radius 3 is 2.51 bits per heavy atom. The molecule has 6 rings (SSSR count). The second-order valence-electron chi connectivity index (χ2n) is 11.2. The number of aliphatic hydroxyl groups excluding tert-OH is 1. The number of anilines is 3. The minimum Gasteiger partial charge on any atom is -0.389 e. The summed E-state index contributed by atoms with van der Waals surface area (Å²) in [7, 11) is -1.49. The van der Waals surface area contributed by atoms with Crippen molar-refractivity contribution in [3.05, 3.63) is 46.6 Å². The van der Waals surface area contributed by atoms with E-state index in [1.807, 2.05) is 16.6 Å². The predicted octanol–water partition coefficient (Wildman–Crippen LogP) is 2.05. The van der Waals surface area contributed by atoms with Crippen LogP contribution < -0.4 is 14.5 Å². The number of benzene rings is 1. The molecule has 14 heteroatoms. The summed E-state index contributed by atoms with van der Waals surface area (Å²) in [4.78, 5) is 27.3. The normalized spacial score (nSPS) is 20.9. The number of fused-ring (bicyclic) bond motifs is 1. The van der Waals surface area contributed by atoms with Gasteiger partial charge in [-0.05, 0) is 44.5 Å². The van der Waals surface area contributed by atoms with Crippen molar-refractivity contribution in [2.24, 2.45) is 0 Å². The van der Waals surface area contributed by atoms with Crippen molar-refractivity contribution in [2.75, 3.05) is 73.6 Å². The Morgan fingerprint density at radius 2 is 1.80 bits per heavy atom. The minimum absolute atomic E-state index is 0.196. The second kappa shape index (κ2) is 10.9. The van der Waals surface area contributed by atoms with Crippen molar-refractivity contribution in [1.29, 1.82) is 0 Å². The SMILES string of the molecule is CN1CCN(c2cc(N3CC(O)C3)nc3cc([C@@H]4CCCCN4C(=O)c4cc(Cl)ccc4NS(C)(=O)=O)nn23)CC1. The number of likely N-dealkylation sites (tertiary alicyclic amines) is 1. The Labute approximate surface area is 244 Å². The maximum atomic E-state index is 14.0. The van der Waals surface area contributed by atoms with Gasteiger partial charge in [0.25, 0.3) is 5.91 Å². The monoisotopic (exact) mass is 602 g/mol. The lowest BCUT2D eigenvalue weighted by molar-refractivity contribution is 0.0607. The van der Waals surface area contributed by atoms with Crippen molar-refractivity contribution >= 4 is 50.5 Å². The molecular formula is C27H35ClN8O4S. The molecule has 5 heterocycles. The van der Waals surface area contributed by atoms with Gasteiger partial charge in [0.1, 0.15) is 11.6 Å². The van der Waals surface area contributed by atoms with Gasteiger partial charge < -0.3 is 24.7 Å². The highest BCUT2D eigenvalue weighted by Gasteiger charge is 2.34. The summed E-state index contributed by atoms with van der Waals surface area (Å²) < 4.78 is 28.3. The molecule has 3 fully saturated rings. The fourth-order valence-electron chi connectivity index (χ4n) is 5.81. The average Bonchev–Trinajstić information content (AvgIpc) is 3.35. The van der Waals surface area contributed by atoms with E-state index in [1.54, 1.807) is 11.0 Å². The number of hydrogen-bond acceptors (Lipinski definition) is 9. The Hall–Kier alpha value is -3.13. The Balaban J connectivity index is 1.38. The molecule has 12 nitrogen and oxygen atoms in total. The maximum absolute atomic E-state index is 14.0. The van der Waals surface area contributed by atoms with E-state index in [0.717, 1.165) is 69.0 Å². The van der Waals surface area contributed by atoms with Crippen LogP contribution in [0.1, 0.15) is 41.4 Å². The van der Waals surface area contributed by atoms with E-state index in [-0.39, 0.29) is 29.3 Å². The highest BCUT2D eigenvalue weighted by atomic mass is 35.5. The quantitative estimate of drug-likeness (QED) is 0.436. The smallest absolute Gasteiger partial charge is 0.256 e. The van der Waals surface area contributed by atoms with Gasteiger partial charge in [-0.1, -0.05) is 11.6 Å². The van der Waals surface area contributed by atoms with Gasteiger partial charge in [-0.15, -0.1) is 0 Å². The Morgan fingerprint density at radius 1 is 1.05 bits per heavy atom. The van der Waals surface area contributed by atoms with Crippen LogP contribution in [0.3, 0.4) is 0 Å². The molecule has 220 valence electrons. The molecular weight excluding hydrogens is 568 g/mol. The van der Waals surface area contributed by atoms with Crippen LogP contribution >= 0.6 is 11.6 Å². The number of amides is 1. The molecule has 0 unspecified atom stereocenters. The molecule has 0 radical (unpaired) electrons. The molecule has 1 amide bonds. The molecule has 1 aromatic carbocycles. The van der Waals surface area contributed by atoms with Crippen molar-refractivity contribution in [3.8, 4) is 0 Å². The number of rotatable bonds is 6. The predicted molar refractivity (Wildman–Crippen MR) is 158 cm³/mol. The van der Waals surface area contributed by atoms with Crippen molar-refractivity contribution < 1.29 is 18.3 Å². The van der Waals surface area contributed by atoms with Gasteiger partial charge in [0.15, 0.2) is 5.65 Å². The third-order valence-corrected chi connectivity index (χ3v) is 8.87. The van der Waals surface area contributed by atoms with Gasteiger partial charge in [-0.3, -0.25) is 9.52 Å². The van der Waals surface area contributed by atoms with Gasteiger partial charge in [0.05, 0.1) is 35.3 Å². The van der Waals surface area contributed by atoms with Gasteiger partial charge in [-0.25, -0.2) is 13.4 Å². The summed E-state index contributed by atoms with van der Waals surface area (Å²) in [5.74, 6) is 1.44. The third-order valence-electron chi connectivity index (χ3n) is 8.04. The van der Waals surface area contributed by atoms with E-state index in [4.69, 9.17) is 21.7 Å².